The van der Waals surface area contributed by atoms with E-state index in [9.17, 15) is 9.59 Å². The third kappa shape index (κ3) is 3.81. The largest absolute Gasteiger partial charge is 0.383 e. The molecule has 0 aliphatic rings. The summed E-state index contributed by atoms with van der Waals surface area (Å²) in [6.45, 7) is 0. The van der Waals surface area contributed by atoms with Crippen LogP contribution in [0.15, 0.2) is 61.1 Å². The first-order valence-corrected chi connectivity index (χ1v) is 9.34. The Kier molecular flexibility index (Phi) is 5.07. The number of hydrogen-bond donors (Lipinski definition) is 3. The van der Waals surface area contributed by atoms with Crippen LogP contribution in [-0.2, 0) is 7.05 Å². The van der Waals surface area contributed by atoms with Gasteiger partial charge in [-0.3, -0.25) is 4.79 Å². The van der Waals surface area contributed by atoms with E-state index in [1.54, 1.807) is 66.3 Å². The maximum absolute atomic E-state index is 13.1. The Morgan fingerprint density at radius 3 is 2.53 bits per heavy atom. The van der Waals surface area contributed by atoms with Crippen LogP contribution in [0.3, 0.4) is 0 Å². The molecule has 0 unspecified atom stereocenters. The van der Waals surface area contributed by atoms with Gasteiger partial charge in [0.2, 0.25) is 0 Å². The summed E-state index contributed by atoms with van der Waals surface area (Å²) in [6.07, 6.45) is 3.03. The van der Waals surface area contributed by atoms with E-state index < -0.39 is 6.03 Å². The number of amides is 2. The molecule has 0 fully saturated rings. The van der Waals surface area contributed by atoms with Gasteiger partial charge in [-0.15, -0.1) is 0 Å². The molecule has 4 N–H and O–H groups in total. The van der Waals surface area contributed by atoms with Crippen molar-refractivity contribution >= 4 is 51.6 Å². The minimum absolute atomic E-state index is 0.237. The number of carbonyl (C=O) groups excluding carboxylic acids is 2. The van der Waals surface area contributed by atoms with Gasteiger partial charge >= 0.3 is 6.03 Å². The highest BCUT2D eigenvalue weighted by molar-refractivity contribution is 6.30. The summed E-state index contributed by atoms with van der Waals surface area (Å²) >= 11 is 5.85. The molecule has 0 aliphatic heterocycles. The van der Waals surface area contributed by atoms with E-state index in [4.69, 9.17) is 17.3 Å². The Hall–Kier alpha value is -3.91. The highest BCUT2D eigenvalue weighted by Gasteiger charge is 2.19. The lowest BCUT2D eigenvalue weighted by Crippen LogP contribution is -2.19. The summed E-state index contributed by atoms with van der Waals surface area (Å²) in [5.74, 6) is -0.00979. The van der Waals surface area contributed by atoms with Gasteiger partial charge in [-0.25, -0.2) is 14.8 Å². The predicted molar refractivity (Wildman–Crippen MR) is 117 cm³/mol. The smallest absolute Gasteiger partial charge is 0.323 e. The third-order valence-corrected chi connectivity index (χ3v) is 4.76. The van der Waals surface area contributed by atoms with Crippen LogP contribution < -0.4 is 16.4 Å². The molecular weight excluding hydrogens is 404 g/mol. The molecule has 2 heterocycles. The molecule has 0 saturated heterocycles. The summed E-state index contributed by atoms with van der Waals surface area (Å²) in [4.78, 5) is 33.6. The lowest BCUT2D eigenvalue weighted by molar-refractivity contribution is 0.104. The van der Waals surface area contributed by atoms with Crippen molar-refractivity contribution in [3.63, 3.8) is 0 Å². The second-order valence-corrected chi connectivity index (χ2v) is 7.04. The van der Waals surface area contributed by atoms with E-state index in [-0.39, 0.29) is 11.6 Å². The van der Waals surface area contributed by atoms with Crippen molar-refractivity contribution in [3.05, 3.63) is 77.2 Å². The fourth-order valence-corrected chi connectivity index (χ4v) is 3.25. The fraction of sp³-hybridized carbons (Fsp3) is 0.0476. The summed E-state index contributed by atoms with van der Waals surface area (Å²) in [5.41, 5.74) is 8.40. The molecule has 0 spiro atoms. The van der Waals surface area contributed by atoms with Crippen LogP contribution in [0.5, 0.6) is 0 Å². The minimum atomic E-state index is -0.440. The standard InChI is InChI=1S/C21H17ClN6O2/c1-28-10-16(17-19(23)24-11-25-20(17)28)18(29)12-3-2-4-15(9-12)27-21(30)26-14-7-5-13(22)6-8-14/h2-11H,1H3,(H2,23,24,25)(H2,26,27,30). The summed E-state index contributed by atoms with van der Waals surface area (Å²) in [5, 5.41) is 6.50. The minimum Gasteiger partial charge on any atom is -0.383 e. The first kappa shape index (κ1) is 19.4. The van der Waals surface area contributed by atoms with Crippen molar-refractivity contribution in [2.75, 3.05) is 16.4 Å². The molecule has 0 bridgehead atoms. The number of ketones is 1. The molecule has 0 atom stereocenters. The average molecular weight is 421 g/mol. The quantitative estimate of drug-likeness (QED) is 0.430. The number of aromatic nitrogens is 3. The van der Waals surface area contributed by atoms with Gasteiger partial charge in [-0.2, -0.15) is 0 Å². The van der Waals surface area contributed by atoms with Crippen molar-refractivity contribution in [2.45, 2.75) is 0 Å². The Balaban J connectivity index is 1.57. The summed E-state index contributed by atoms with van der Waals surface area (Å²) < 4.78 is 1.72. The predicted octanol–water partition coefficient (Wildman–Crippen LogP) is 4.08. The van der Waals surface area contributed by atoms with Crippen molar-refractivity contribution in [3.8, 4) is 0 Å². The van der Waals surface area contributed by atoms with Crippen LogP contribution in [0.4, 0.5) is 22.0 Å². The number of nitrogen functional groups attached to an aromatic ring is 1. The molecule has 9 heteroatoms. The van der Waals surface area contributed by atoms with Gasteiger partial charge in [0.25, 0.3) is 0 Å². The number of carbonyl (C=O) groups is 2. The van der Waals surface area contributed by atoms with E-state index in [1.807, 2.05) is 0 Å². The number of urea groups is 1. The number of rotatable bonds is 4. The average Bonchev–Trinajstić information content (AvgIpc) is 3.07. The Morgan fingerprint density at radius 1 is 1.03 bits per heavy atom. The molecular formula is C21H17ClN6O2. The van der Waals surface area contributed by atoms with Gasteiger partial charge < -0.3 is 20.9 Å². The van der Waals surface area contributed by atoms with E-state index >= 15 is 0 Å². The van der Waals surface area contributed by atoms with Crippen LogP contribution in [-0.4, -0.2) is 26.3 Å². The van der Waals surface area contributed by atoms with Gasteiger partial charge in [0.05, 0.1) is 10.9 Å². The summed E-state index contributed by atoms with van der Waals surface area (Å²) in [6, 6.07) is 12.9. The van der Waals surface area contributed by atoms with E-state index in [1.165, 1.54) is 6.33 Å². The molecule has 2 aromatic heterocycles. The highest BCUT2D eigenvalue weighted by atomic mass is 35.5. The highest BCUT2D eigenvalue weighted by Crippen LogP contribution is 2.26. The number of aryl methyl sites for hydroxylation is 1. The monoisotopic (exact) mass is 420 g/mol. The molecule has 8 nitrogen and oxygen atoms in total. The first-order chi connectivity index (χ1) is 14.4. The van der Waals surface area contributed by atoms with Gasteiger partial charge in [-0.1, -0.05) is 23.7 Å². The maximum atomic E-state index is 13.1. The number of benzene rings is 2. The van der Waals surface area contributed by atoms with Crippen LogP contribution >= 0.6 is 11.6 Å². The van der Waals surface area contributed by atoms with E-state index in [0.29, 0.717) is 38.6 Å². The molecule has 2 aromatic carbocycles. The topological polar surface area (TPSA) is 115 Å². The van der Waals surface area contributed by atoms with Gasteiger partial charge in [0, 0.05) is 35.2 Å². The number of fused-ring (bicyclic) bond motifs is 1. The Bertz CT molecular complexity index is 1270. The SMILES string of the molecule is Cn1cc(C(=O)c2cccc(NC(=O)Nc3ccc(Cl)cc3)c2)c2c(N)ncnc21. The van der Waals surface area contributed by atoms with Crippen LogP contribution in [0, 0.1) is 0 Å². The van der Waals surface area contributed by atoms with Gasteiger partial charge in [0.1, 0.15) is 17.8 Å². The van der Waals surface area contributed by atoms with Crippen LogP contribution in [0.25, 0.3) is 11.0 Å². The third-order valence-electron chi connectivity index (χ3n) is 4.51. The lowest BCUT2D eigenvalue weighted by atomic mass is 10.0. The molecule has 0 radical (unpaired) electrons. The number of anilines is 3. The molecule has 4 rings (SSSR count). The second-order valence-electron chi connectivity index (χ2n) is 6.61. The number of halogens is 1. The zero-order valence-electron chi connectivity index (χ0n) is 15.9. The molecule has 4 aromatic rings. The zero-order chi connectivity index (χ0) is 21.3. The number of nitrogens with two attached hydrogens (primary N) is 1. The second kappa shape index (κ2) is 7.84. The van der Waals surface area contributed by atoms with E-state index in [0.717, 1.165) is 0 Å². The molecule has 0 saturated carbocycles. The number of nitrogens with one attached hydrogen (secondary N) is 2. The molecule has 0 aliphatic carbocycles. The summed E-state index contributed by atoms with van der Waals surface area (Å²) in [7, 11) is 1.78. The van der Waals surface area contributed by atoms with Gasteiger partial charge in [-0.05, 0) is 36.4 Å². The number of nitrogens with zero attached hydrogens (tertiary/aromatic N) is 3. The van der Waals surface area contributed by atoms with E-state index in [2.05, 4.69) is 20.6 Å². The van der Waals surface area contributed by atoms with Crippen LogP contribution in [0.2, 0.25) is 5.02 Å². The first-order valence-electron chi connectivity index (χ1n) is 8.96. The molecule has 150 valence electrons. The zero-order valence-corrected chi connectivity index (χ0v) is 16.6. The lowest BCUT2D eigenvalue weighted by Gasteiger charge is -2.09. The van der Waals surface area contributed by atoms with Crippen molar-refractivity contribution in [2.24, 2.45) is 7.05 Å². The van der Waals surface area contributed by atoms with Crippen LogP contribution in [0.1, 0.15) is 15.9 Å². The number of hydrogen-bond acceptors (Lipinski definition) is 5. The Labute approximate surface area is 176 Å². The maximum Gasteiger partial charge on any atom is 0.323 e. The fourth-order valence-electron chi connectivity index (χ4n) is 3.13. The molecule has 30 heavy (non-hydrogen) atoms. The Morgan fingerprint density at radius 2 is 1.77 bits per heavy atom. The van der Waals surface area contributed by atoms with Crippen molar-refractivity contribution < 1.29 is 9.59 Å². The van der Waals surface area contributed by atoms with Crippen molar-refractivity contribution in [1.29, 1.82) is 0 Å². The molecule has 2 amide bonds. The normalized spacial score (nSPS) is 10.7. The van der Waals surface area contributed by atoms with Gasteiger partial charge in [0.15, 0.2) is 5.78 Å². The van der Waals surface area contributed by atoms with Crippen molar-refractivity contribution in [1.82, 2.24) is 14.5 Å².